The van der Waals surface area contributed by atoms with Gasteiger partial charge < -0.3 is 21.1 Å². The Labute approximate surface area is 120 Å². The van der Waals surface area contributed by atoms with Gasteiger partial charge in [-0.1, -0.05) is 13.3 Å². The van der Waals surface area contributed by atoms with Crippen molar-refractivity contribution < 1.29 is 9.90 Å². The smallest absolute Gasteiger partial charge is 0.253 e. The number of hydrogen-bond acceptors (Lipinski definition) is 4. The van der Waals surface area contributed by atoms with E-state index in [2.05, 4.69) is 12.2 Å². The number of nitrogen functional groups attached to an aromatic ring is 1. The van der Waals surface area contributed by atoms with Gasteiger partial charge in [0.2, 0.25) is 0 Å². The van der Waals surface area contributed by atoms with E-state index in [1.54, 1.807) is 32.3 Å². The molecule has 0 bridgehead atoms. The first kappa shape index (κ1) is 16.3. The maximum Gasteiger partial charge on any atom is 0.253 e. The molecule has 1 unspecified atom stereocenters. The zero-order chi connectivity index (χ0) is 15.1. The molecule has 1 rings (SSSR count). The molecular weight excluding hydrogens is 254 g/mol. The van der Waals surface area contributed by atoms with Crippen molar-refractivity contribution in [3.8, 4) is 0 Å². The van der Waals surface area contributed by atoms with Crippen LogP contribution in [0.25, 0.3) is 0 Å². The number of nitrogens with zero attached hydrogens (tertiary/aromatic N) is 1. The third-order valence-electron chi connectivity index (χ3n) is 3.40. The number of benzene rings is 1. The van der Waals surface area contributed by atoms with E-state index in [-0.39, 0.29) is 12.5 Å². The Hall–Kier alpha value is -1.75. The maximum absolute atomic E-state index is 11.9. The van der Waals surface area contributed by atoms with Crippen molar-refractivity contribution in [2.75, 3.05) is 38.3 Å². The number of anilines is 2. The van der Waals surface area contributed by atoms with Crippen LogP contribution in [0.3, 0.4) is 0 Å². The molecule has 0 saturated carbocycles. The van der Waals surface area contributed by atoms with Crippen LogP contribution in [-0.2, 0) is 0 Å². The van der Waals surface area contributed by atoms with Crippen LogP contribution in [0.2, 0.25) is 0 Å². The Kier molecular flexibility index (Phi) is 6.31. The second kappa shape index (κ2) is 7.75. The SMILES string of the molecule is CCC(CCO)CNc1cc(C(=O)N(C)C)ccc1N. The Morgan fingerprint density at radius 1 is 1.45 bits per heavy atom. The summed E-state index contributed by atoms with van der Waals surface area (Å²) in [5.41, 5.74) is 7.94. The van der Waals surface area contributed by atoms with Crippen LogP contribution in [0.5, 0.6) is 0 Å². The number of amides is 1. The number of nitrogens with two attached hydrogens (primary N) is 1. The molecule has 0 radical (unpaired) electrons. The molecule has 0 aliphatic rings. The van der Waals surface area contributed by atoms with E-state index in [9.17, 15) is 4.79 Å². The quantitative estimate of drug-likeness (QED) is 0.665. The average molecular weight is 279 g/mol. The normalized spacial score (nSPS) is 12.0. The average Bonchev–Trinajstić information content (AvgIpc) is 2.44. The van der Waals surface area contributed by atoms with E-state index in [1.165, 1.54) is 4.90 Å². The van der Waals surface area contributed by atoms with Gasteiger partial charge >= 0.3 is 0 Å². The van der Waals surface area contributed by atoms with Crippen molar-refractivity contribution in [1.82, 2.24) is 4.90 Å². The first-order valence-corrected chi connectivity index (χ1v) is 6.95. The largest absolute Gasteiger partial charge is 0.397 e. The number of carbonyl (C=O) groups is 1. The van der Waals surface area contributed by atoms with Crippen LogP contribution in [0, 0.1) is 5.92 Å². The van der Waals surface area contributed by atoms with Gasteiger partial charge in [-0.3, -0.25) is 4.79 Å². The highest BCUT2D eigenvalue weighted by Gasteiger charge is 2.11. The van der Waals surface area contributed by atoms with E-state index >= 15 is 0 Å². The summed E-state index contributed by atoms with van der Waals surface area (Å²) in [5.74, 6) is 0.350. The highest BCUT2D eigenvalue weighted by atomic mass is 16.3. The monoisotopic (exact) mass is 279 g/mol. The number of hydrogen-bond donors (Lipinski definition) is 3. The van der Waals surface area contributed by atoms with Gasteiger partial charge in [0.05, 0.1) is 11.4 Å². The number of carbonyl (C=O) groups excluding carboxylic acids is 1. The van der Waals surface area contributed by atoms with Crippen molar-refractivity contribution in [2.45, 2.75) is 19.8 Å². The predicted octanol–water partition coefficient (Wildman–Crippen LogP) is 1.79. The van der Waals surface area contributed by atoms with Gasteiger partial charge in [0.15, 0.2) is 0 Å². The number of aliphatic hydroxyl groups excluding tert-OH is 1. The fraction of sp³-hybridized carbons (Fsp3) is 0.533. The molecule has 0 aliphatic heterocycles. The molecule has 1 atom stereocenters. The van der Waals surface area contributed by atoms with Gasteiger partial charge in [0, 0.05) is 32.8 Å². The Bertz CT molecular complexity index is 447. The van der Waals surface area contributed by atoms with Crippen LogP contribution in [0.1, 0.15) is 30.1 Å². The summed E-state index contributed by atoms with van der Waals surface area (Å²) in [6.45, 7) is 3.02. The molecular formula is C15H25N3O2. The molecule has 0 heterocycles. The number of nitrogens with one attached hydrogen (secondary N) is 1. The summed E-state index contributed by atoms with van der Waals surface area (Å²) >= 11 is 0. The minimum Gasteiger partial charge on any atom is -0.397 e. The molecule has 1 aromatic rings. The van der Waals surface area contributed by atoms with Crippen molar-refractivity contribution in [3.05, 3.63) is 23.8 Å². The van der Waals surface area contributed by atoms with Gasteiger partial charge in [-0.2, -0.15) is 0 Å². The van der Waals surface area contributed by atoms with Gasteiger partial charge in [0.1, 0.15) is 0 Å². The van der Waals surface area contributed by atoms with Crippen LogP contribution >= 0.6 is 0 Å². The molecule has 1 amide bonds. The Morgan fingerprint density at radius 2 is 2.15 bits per heavy atom. The Morgan fingerprint density at radius 3 is 2.70 bits per heavy atom. The van der Waals surface area contributed by atoms with Crippen molar-refractivity contribution in [3.63, 3.8) is 0 Å². The third-order valence-corrected chi connectivity index (χ3v) is 3.40. The Balaban J connectivity index is 2.79. The molecule has 0 aromatic heterocycles. The lowest BCUT2D eigenvalue weighted by molar-refractivity contribution is 0.0827. The van der Waals surface area contributed by atoms with Crippen LogP contribution < -0.4 is 11.1 Å². The van der Waals surface area contributed by atoms with E-state index in [4.69, 9.17) is 10.8 Å². The summed E-state index contributed by atoms with van der Waals surface area (Å²) in [6.07, 6.45) is 1.75. The summed E-state index contributed by atoms with van der Waals surface area (Å²) in [6, 6.07) is 5.25. The van der Waals surface area contributed by atoms with E-state index in [0.717, 1.165) is 25.1 Å². The third kappa shape index (κ3) is 4.42. The minimum absolute atomic E-state index is 0.0459. The maximum atomic E-state index is 11.9. The highest BCUT2D eigenvalue weighted by molar-refractivity contribution is 5.95. The minimum atomic E-state index is -0.0459. The van der Waals surface area contributed by atoms with Crippen molar-refractivity contribution in [1.29, 1.82) is 0 Å². The lowest BCUT2D eigenvalue weighted by atomic mass is 10.0. The van der Waals surface area contributed by atoms with E-state index < -0.39 is 0 Å². The molecule has 0 aliphatic carbocycles. The van der Waals surface area contributed by atoms with E-state index in [1.807, 2.05) is 0 Å². The van der Waals surface area contributed by atoms with Crippen LogP contribution in [-0.4, -0.2) is 43.2 Å². The molecule has 0 saturated heterocycles. The zero-order valence-corrected chi connectivity index (χ0v) is 12.5. The van der Waals surface area contributed by atoms with Crippen molar-refractivity contribution >= 4 is 17.3 Å². The fourth-order valence-corrected chi connectivity index (χ4v) is 1.99. The summed E-state index contributed by atoms with van der Waals surface area (Å²) in [4.78, 5) is 13.5. The van der Waals surface area contributed by atoms with E-state index in [0.29, 0.717) is 17.2 Å². The van der Waals surface area contributed by atoms with Crippen LogP contribution in [0.15, 0.2) is 18.2 Å². The second-order valence-corrected chi connectivity index (χ2v) is 5.17. The molecule has 112 valence electrons. The lowest BCUT2D eigenvalue weighted by Crippen LogP contribution is -2.22. The van der Waals surface area contributed by atoms with Gasteiger partial charge in [0.25, 0.3) is 5.91 Å². The second-order valence-electron chi connectivity index (χ2n) is 5.17. The molecule has 20 heavy (non-hydrogen) atoms. The molecule has 5 heteroatoms. The summed E-state index contributed by atoms with van der Waals surface area (Å²) in [5, 5.41) is 12.3. The standard InChI is InChI=1S/C15H25N3O2/c1-4-11(7-8-19)10-17-14-9-12(5-6-13(14)16)15(20)18(2)3/h5-6,9,11,17,19H,4,7-8,10,16H2,1-3H3. The van der Waals surface area contributed by atoms with Gasteiger partial charge in [-0.05, 0) is 30.5 Å². The van der Waals surface area contributed by atoms with Gasteiger partial charge in [-0.25, -0.2) is 0 Å². The zero-order valence-electron chi connectivity index (χ0n) is 12.5. The molecule has 4 N–H and O–H groups in total. The summed E-state index contributed by atoms with van der Waals surface area (Å²) < 4.78 is 0. The predicted molar refractivity (Wildman–Crippen MR) is 82.8 cm³/mol. The first-order valence-electron chi connectivity index (χ1n) is 6.95. The molecule has 0 spiro atoms. The summed E-state index contributed by atoms with van der Waals surface area (Å²) in [7, 11) is 3.44. The van der Waals surface area contributed by atoms with Crippen molar-refractivity contribution in [2.24, 2.45) is 5.92 Å². The first-order chi connectivity index (χ1) is 9.49. The highest BCUT2D eigenvalue weighted by Crippen LogP contribution is 2.22. The number of aliphatic hydroxyl groups is 1. The molecule has 5 nitrogen and oxygen atoms in total. The topological polar surface area (TPSA) is 78.6 Å². The molecule has 1 aromatic carbocycles. The van der Waals surface area contributed by atoms with Gasteiger partial charge in [-0.15, -0.1) is 0 Å². The molecule has 0 fully saturated rings. The fourth-order valence-electron chi connectivity index (χ4n) is 1.99. The lowest BCUT2D eigenvalue weighted by Gasteiger charge is -2.17. The number of rotatable bonds is 7. The van der Waals surface area contributed by atoms with Crippen LogP contribution in [0.4, 0.5) is 11.4 Å².